The molecule has 0 radical (unpaired) electrons. The molecule has 1 atom stereocenters. The van der Waals surface area contributed by atoms with Crippen LogP contribution in [0.1, 0.15) is 43.5 Å². The highest BCUT2D eigenvalue weighted by molar-refractivity contribution is 7.89. The standard InChI is InChI=1S/C26H35FN4O5S/c1-26(2,17-32)30-37(35,36)22-10-8-21(9-11-22)28-25(34)23(16-18-12-14-31(3)15-13-18)29-24(33)19-4-6-20(27)7-5-19/h4-11,18,23,30,32H,12-17H2,1-3H3,(H,28,34)(H,29,33)/t23-/m0/s1. The summed E-state index contributed by atoms with van der Waals surface area (Å²) in [5.74, 6) is -1.12. The molecule has 9 nitrogen and oxygen atoms in total. The van der Waals surface area contributed by atoms with Gasteiger partial charge in [-0.05, 0) is 108 Å². The zero-order valence-electron chi connectivity index (χ0n) is 21.3. The molecular weight excluding hydrogens is 499 g/mol. The van der Waals surface area contributed by atoms with Crippen molar-refractivity contribution in [1.82, 2.24) is 14.9 Å². The number of nitrogens with zero attached hydrogens (tertiary/aromatic N) is 1. The zero-order chi connectivity index (χ0) is 27.2. The Balaban J connectivity index is 1.73. The van der Waals surface area contributed by atoms with Crippen LogP contribution in [0, 0.1) is 11.7 Å². The van der Waals surface area contributed by atoms with Gasteiger partial charge in [-0.3, -0.25) is 9.59 Å². The first kappa shape index (κ1) is 28.7. The number of sulfonamides is 1. The number of benzene rings is 2. The number of likely N-dealkylation sites (tertiary alicyclic amines) is 1. The van der Waals surface area contributed by atoms with Gasteiger partial charge in [0, 0.05) is 11.3 Å². The van der Waals surface area contributed by atoms with E-state index < -0.39 is 39.2 Å². The van der Waals surface area contributed by atoms with Gasteiger partial charge in [-0.25, -0.2) is 17.5 Å². The number of aliphatic hydroxyl groups is 1. The quantitative estimate of drug-likeness (QED) is 0.371. The monoisotopic (exact) mass is 534 g/mol. The molecule has 0 saturated carbocycles. The number of aliphatic hydroxyl groups excluding tert-OH is 1. The number of halogens is 1. The van der Waals surface area contributed by atoms with Crippen LogP contribution in [0.2, 0.25) is 0 Å². The molecule has 11 heteroatoms. The van der Waals surface area contributed by atoms with E-state index >= 15 is 0 Å². The lowest BCUT2D eigenvalue weighted by Gasteiger charge is -2.31. The van der Waals surface area contributed by atoms with Crippen molar-refractivity contribution < 1.29 is 27.5 Å². The number of carbonyl (C=O) groups excluding carboxylic acids is 2. The summed E-state index contributed by atoms with van der Waals surface area (Å²) in [4.78, 5) is 28.2. The predicted molar refractivity (Wildman–Crippen MR) is 139 cm³/mol. The van der Waals surface area contributed by atoms with Crippen molar-refractivity contribution in [3.63, 3.8) is 0 Å². The summed E-state index contributed by atoms with van der Waals surface area (Å²) in [5, 5.41) is 14.9. The molecule has 4 N–H and O–H groups in total. The number of piperidine rings is 1. The number of hydrogen-bond acceptors (Lipinski definition) is 6. The molecule has 1 heterocycles. The van der Waals surface area contributed by atoms with Crippen LogP contribution in [0.15, 0.2) is 53.4 Å². The van der Waals surface area contributed by atoms with Crippen molar-refractivity contribution in [2.75, 3.05) is 32.1 Å². The van der Waals surface area contributed by atoms with Gasteiger partial charge in [0.05, 0.1) is 17.0 Å². The highest BCUT2D eigenvalue weighted by atomic mass is 32.2. The molecule has 2 amide bonds. The van der Waals surface area contributed by atoms with Crippen LogP contribution < -0.4 is 15.4 Å². The van der Waals surface area contributed by atoms with E-state index in [2.05, 4.69) is 20.3 Å². The smallest absolute Gasteiger partial charge is 0.251 e. The van der Waals surface area contributed by atoms with E-state index in [1.54, 1.807) is 13.8 Å². The average molecular weight is 535 g/mol. The van der Waals surface area contributed by atoms with Crippen LogP contribution in [0.5, 0.6) is 0 Å². The Hall–Kier alpha value is -2.86. The van der Waals surface area contributed by atoms with Crippen LogP contribution >= 0.6 is 0 Å². The SMILES string of the molecule is CN1CCC(C[C@H](NC(=O)c2ccc(F)cc2)C(=O)Nc2ccc(S(=O)(=O)NC(C)(C)CO)cc2)CC1. The molecule has 2 aromatic carbocycles. The van der Waals surface area contributed by atoms with Crippen LogP contribution in [0.25, 0.3) is 0 Å². The van der Waals surface area contributed by atoms with E-state index in [0.717, 1.165) is 25.9 Å². The van der Waals surface area contributed by atoms with Crippen molar-refractivity contribution in [1.29, 1.82) is 0 Å². The Morgan fingerprint density at radius 1 is 1.08 bits per heavy atom. The molecule has 37 heavy (non-hydrogen) atoms. The fraction of sp³-hybridized carbons (Fsp3) is 0.462. The summed E-state index contributed by atoms with van der Waals surface area (Å²) in [6, 6.07) is 9.91. The number of rotatable bonds is 10. The van der Waals surface area contributed by atoms with Crippen molar-refractivity contribution in [2.45, 2.75) is 49.6 Å². The Bertz CT molecular complexity index is 1180. The third kappa shape index (κ3) is 8.32. The molecule has 1 aliphatic rings. The van der Waals surface area contributed by atoms with E-state index in [1.165, 1.54) is 48.5 Å². The van der Waals surface area contributed by atoms with Crippen molar-refractivity contribution in [3.05, 3.63) is 59.9 Å². The first-order valence-electron chi connectivity index (χ1n) is 12.2. The van der Waals surface area contributed by atoms with Crippen molar-refractivity contribution in [3.8, 4) is 0 Å². The molecule has 1 fully saturated rings. The summed E-state index contributed by atoms with van der Waals surface area (Å²) in [6.45, 7) is 4.56. The van der Waals surface area contributed by atoms with E-state index in [9.17, 15) is 27.5 Å². The minimum Gasteiger partial charge on any atom is -0.394 e. The van der Waals surface area contributed by atoms with Gasteiger partial charge < -0.3 is 20.6 Å². The van der Waals surface area contributed by atoms with E-state index in [1.807, 2.05) is 7.05 Å². The number of hydrogen-bond donors (Lipinski definition) is 4. The zero-order valence-corrected chi connectivity index (χ0v) is 22.1. The molecule has 0 unspecified atom stereocenters. The molecule has 0 aromatic heterocycles. The van der Waals surface area contributed by atoms with E-state index in [-0.39, 0.29) is 23.0 Å². The Labute approximate surface area is 217 Å². The van der Waals surface area contributed by atoms with Crippen LogP contribution in [-0.2, 0) is 14.8 Å². The lowest BCUT2D eigenvalue weighted by atomic mass is 9.90. The van der Waals surface area contributed by atoms with Gasteiger partial charge in [-0.1, -0.05) is 0 Å². The predicted octanol–water partition coefficient (Wildman–Crippen LogP) is 2.34. The van der Waals surface area contributed by atoms with Crippen LogP contribution in [0.3, 0.4) is 0 Å². The number of nitrogens with one attached hydrogen (secondary N) is 3. The van der Waals surface area contributed by atoms with Gasteiger partial charge in [0.25, 0.3) is 5.91 Å². The topological polar surface area (TPSA) is 128 Å². The molecule has 3 rings (SSSR count). The van der Waals surface area contributed by atoms with Gasteiger partial charge >= 0.3 is 0 Å². The van der Waals surface area contributed by atoms with Gasteiger partial charge in [0.1, 0.15) is 11.9 Å². The number of carbonyl (C=O) groups is 2. The summed E-state index contributed by atoms with van der Waals surface area (Å²) >= 11 is 0. The van der Waals surface area contributed by atoms with Gasteiger partial charge in [-0.2, -0.15) is 0 Å². The Morgan fingerprint density at radius 3 is 2.24 bits per heavy atom. The average Bonchev–Trinajstić information content (AvgIpc) is 2.85. The summed E-state index contributed by atoms with van der Waals surface area (Å²) < 4.78 is 40.9. The molecule has 202 valence electrons. The fourth-order valence-corrected chi connectivity index (χ4v) is 5.51. The van der Waals surface area contributed by atoms with Crippen LogP contribution in [0.4, 0.5) is 10.1 Å². The minimum absolute atomic E-state index is 0.0143. The first-order valence-corrected chi connectivity index (χ1v) is 13.7. The minimum atomic E-state index is -3.88. The van der Waals surface area contributed by atoms with Gasteiger partial charge in [-0.15, -0.1) is 0 Å². The number of anilines is 1. The normalized spacial score (nSPS) is 16.2. The first-order chi connectivity index (χ1) is 17.4. The van der Waals surface area contributed by atoms with Crippen molar-refractivity contribution >= 4 is 27.5 Å². The Kier molecular flexibility index (Phi) is 9.41. The highest BCUT2D eigenvalue weighted by Gasteiger charge is 2.28. The molecule has 0 aliphatic carbocycles. The molecule has 1 saturated heterocycles. The van der Waals surface area contributed by atoms with Gasteiger partial charge in [0.15, 0.2) is 0 Å². The molecule has 1 aliphatic heterocycles. The second-order valence-electron chi connectivity index (χ2n) is 10.2. The second kappa shape index (κ2) is 12.1. The molecule has 0 bridgehead atoms. The summed E-state index contributed by atoms with van der Waals surface area (Å²) in [5.41, 5.74) is -0.416. The van der Waals surface area contributed by atoms with E-state index in [4.69, 9.17) is 0 Å². The molecule has 0 spiro atoms. The summed E-state index contributed by atoms with van der Waals surface area (Å²) in [6.07, 6.45) is 2.24. The van der Waals surface area contributed by atoms with Gasteiger partial charge in [0.2, 0.25) is 15.9 Å². The molecular formula is C26H35FN4O5S. The Morgan fingerprint density at radius 2 is 1.68 bits per heavy atom. The number of amides is 2. The second-order valence-corrected chi connectivity index (χ2v) is 11.9. The third-order valence-corrected chi connectivity index (χ3v) is 8.09. The largest absolute Gasteiger partial charge is 0.394 e. The summed E-state index contributed by atoms with van der Waals surface area (Å²) in [7, 11) is -1.83. The lowest BCUT2D eigenvalue weighted by molar-refractivity contribution is -0.118. The third-order valence-electron chi connectivity index (χ3n) is 6.37. The maximum absolute atomic E-state index is 13.3. The highest BCUT2D eigenvalue weighted by Crippen LogP contribution is 2.23. The van der Waals surface area contributed by atoms with Crippen LogP contribution in [-0.4, -0.2) is 68.6 Å². The maximum Gasteiger partial charge on any atom is 0.251 e. The fourth-order valence-electron chi connectivity index (χ4n) is 4.11. The van der Waals surface area contributed by atoms with E-state index in [0.29, 0.717) is 12.1 Å². The lowest BCUT2D eigenvalue weighted by Crippen LogP contribution is -2.46. The maximum atomic E-state index is 13.3. The van der Waals surface area contributed by atoms with Crippen molar-refractivity contribution in [2.24, 2.45) is 5.92 Å². The molecule has 2 aromatic rings.